The number of nitrogens with zero attached hydrogens (tertiary/aromatic N) is 1. The molecule has 4 rings (SSSR count). The number of rotatable bonds is 7. The molecule has 3 aromatic rings. The molecule has 0 spiro atoms. The van der Waals surface area contributed by atoms with Crippen molar-refractivity contribution in [2.45, 2.75) is 50.0 Å². The second-order valence-electron chi connectivity index (χ2n) is 7.76. The highest BCUT2D eigenvalue weighted by atomic mass is 32.2. The Morgan fingerprint density at radius 2 is 1.84 bits per heavy atom. The lowest BCUT2D eigenvalue weighted by Crippen LogP contribution is -2.28. The lowest BCUT2D eigenvalue weighted by Gasteiger charge is -2.20. The lowest BCUT2D eigenvalue weighted by atomic mass is 9.89. The van der Waals surface area contributed by atoms with Crippen molar-refractivity contribution in [2.75, 3.05) is 4.72 Å². The van der Waals surface area contributed by atoms with Crippen LogP contribution in [0.4, 0.5) is 5.13 Å². The first-order valence-electron chi connectivity index (χ1n) is 10.3. The Balaban J connectivity index is 1.36. The van der Waals surface area contributed by atoms with Crippen LogP contribution in [-0.4, -0.2) is 19.3 Å². The fraction of sp³-hybridized carbons (Fsp3) is 0.304. The van der Waals surface area contributed by atoms with Crippen LogP contribution >= 0.6 is 11.3 Å². The van der Waals surface area contributed by atoms with E-state index in [1.54, 1.807) is 23.6 Å². The molecule has 0 fully saturated rings. The topological polar surface area (TPSA) is 88.2 Å². The Hall–Kier alpha value is -2.71. The van der Waals surface area contributed by atoms with Crippen molar-refractivity contribution in [3.8, 4) is 0 Å². The molecule has 1 aromatic heterocycles. The third kappa shape index (κ3) is 5.32. The first-order valence-corrected chi connectivity index (χ1v) is 12.7. The summed E-state index contributed by atoms with van der Waals surface area (Å²) in [5.41, 5.74) is 4.44. The monoisotopic (exact) mass is 455 g/mol. The fourth-order valence-electron chi connectivity index (χ4n) is 3.77. The third-order valence-electron chi connectivity index (χ3n) is 5.42. The highest BCUT2D eigenvalue weighted by molar-refractivity contribution is 7.93. The van der Waals surface area contributed by atoms with E-state index in [0.717, 1.165) is 29.7 Å². The number of hydrogen-bond acceptors (Lipinski definition) is 5. The highest BCUT2D eigenvalue weighted by Crippen LogP contribution is 2.25. The molecule has 0 bridgehead atoms. The molecule has 31 heavy (non-hydrogen) atoms. The van der Waals surface area contributed by atoms with Gasteiger partial charge in [0.15, 0.2) is 5.13 Å². The van der Waals surface area contributed by atoms with Gasteiger partial charge in [0.05, 0.1) is 23.1 Å². The fourth-order valence-corrected chi connectivity index (χ4v) is 5.76. The molecule has 0 saturated carbocycles. The maximum atomic E-state index is 12.5. The van der Waals surface area contributed by atoms with Crippen molar-refractivity contribution in [2.24, 2.45) is 0 Å². The maximum absolute atomic E-state index is 12.5. The summed E-state index contributed by atoms with van der Waals surface area (Å²) in [6.45, 7) is 1.98. The van der Waals surface area contributed by atoms with Crippen LogP contribution < -0.4 is 10.0 Å². The first-order chi connectivity index (χ1) is 14.9. The number of anilines is 1. The Morgan fingerprint density at radius 1 is 1.10 bits per heavy atom. The van der Waals surface area contributed by atoms with Crippen molar-refractivity contribution >= 4 is 32.4 Å². The first kappa shape index (κ1) is 21.5. The minimum Gasteiger partial charge on any atom is -0.349 e. The molecule has 2 aromatic carbocycles. The molecule has 1 atom stereocenters. The van der Waals surface area contributed by atoms with Crippen LogP contribution in [0.25, 0.3) is 0 Å². The summed E-state index contributed by atoms with van der Waals surface area (Å²) in [6.07, 6.45) is 4.80. The summed E-state index contributed by atoms with van der Waals surface area (Å²) < 4.78 is 27.3. The zero-order chi connectivity index (χ0) is 21.8. The van der Waals surface area contributed by atoms with Crippen LogP contribution in [0.3, 0.4) is 0 Å². The SMILES string of the molecule is CC(NC(=O)Cc1csc(NS(=O)(=O)c2ccccc2)n1)c1ccc2c(c1)CCCC2. The van der Waals surface area contributed by atoms with Crippen LogP contribution in [-0.2, 0) is 34.1 Å². The van der Waals surface area contributed by atoms with E-state index in [9.17, 15) is 13.2 Å². The third-order valence-corrected chi connectivity index (χ3v) is 7.71. The molecule has 2 N–H and O–H groups in total. The zero-order valence-electron chi connectivity index (χ0n) is 17.3. The predicted molar refractivity (Wildman–Crippen MR) is 123 cm³/mol. The second-order valence-corrected chi connectivity index (χ2v) is 10.3. The summed E-state index contributed by atoms with van der Waals surface area (Å²) in [6, 6.07) is 14.5. The van der Waals surface area contributed by atoms with Gasteiger partial charge in [0.1, 0.15) is 0 Å². The van der Waals surface area contributed by atoms with Gasteiger partial charge in [-0.15, -0.1) is 11.3 Å². The van der Waals surface area contributed by atoms with Gasteiger partial charge in [0.2, 0.25) is 5.91 Å². The zero-order valence-corrected chi connectivity index (χ0v) is 18.9. The number of thiazole rings is 1. The highest BCUT2D eigenvalue weighted by Gasteiger charge is 2.18. The predicted octanol–water partition coefficient (Wildman–Crippen LogP) is 4.24. The van der Waals surface area contributed by atoms with E-state index in [4.69, 9.17) is 0 Å². The normalized spacial score (nSPS) is 14.5. The van der Waals surface area contributed by atoms with Gasteiger partial charge in [0.25, 0.3) is 10.0 Å². The summed E-state index contributed by atoms with van der Waals surface area (Å²) in [4.78, 5) is 17.0. The van der Waals surface area contributed by atoms with Crippen molar-refractivity contribution in [1.29, 1.82) is 0 Å². The number of amides is 1. The molecule has 1 unspecified atom stereocenters. The lowest BCUT2D eigenvalue weighted by molar-refractivity contribution is -0.121. The molecule has 8 heteroatoms. The molecular weight excluding hydrogens is 430 g/mol. The molecule has 0 aliphatic heterocycles. The molecule has 1 aliphatic rings. The van der Waals surface area contributed by atoms with Crippen molar-refractivity contribution in [1.82, 2.24) is 10.3 Å². The average molecular weight is 456 g/mol. The largest absolute Gasteiger partial charge is 0.349 e. The molecular formula is C23H25N3O3S2. The van der Waals surface area contributed by atoms with Gasteiger partial charge in [-0.25, -0.2) is 13.4 Å². The van der Waals surface area contributed by atoms with E-state index >= 15 is 0 Å². The van der Waals surface area contributed by atoms with E-state index in [-0.39, 0.29) is 28.4 Å². The molecule has 1 heterocycles. The summed E-state index contributed by atoms with van der Waals surface area (Å²) in [7, 11) is -3.69. The number of carbonyl (C=O) groups is 1. The Labute approximate surface area is 186 Å². The van der Waals surface area contributed by atoms with Gasteiger partial charge < -0.3 is 5.32 Å². The number of aryl methyl sites for hydroxylation is 2. The number of fused-ring (bicyclic) bond motifs is 1. The van der Waals surface area contributed by atoms with Gasteiger partial charge in [0, 0.05) is 5.38 Å². The Bertz CT molecular complexity index is 1170. The number of hydrogen-bond donors (Lipinski definition) is 2. The molecule has 0 radical (unpaired) electrons. The molecule has 1 aliphatic carbocycles. The number of aromatic nitrogens is 1. The van der Waals surface area contributed by atoms with Crippen molar-refractivity contribution in [3.63, 3.8) is 0 Å². The second kappa shape index (κ2) is 9.20. The summed E-state index contributed by atoms with van der Waals surface area (Å²) >= 11 is 1.16. The van der Waals surface area contributed by atoms with E-state index < -0.39 is 10.0 Å². The van der Waals surface area contributed by atoms with E-state index in [1.165, 1.54) is 36.1 Å². The van der Waals surface area contributed by atoms with Gasteiger partial charge in [-0.05, 0) is 61.4 Å². The van der Waals surface area contributed by atoms with Crippen molar-refractivity contribution < 1.29 is 13.2 Å². The van der Waals surface area contributed by atoms with Gasteiger partial charge in [-0.2, -0.15) is 0 Å². The molecule has 162 valence electrons. The number of nitrogens with one attached hydrogen (secondary N) is 2. The van der Waals surface area contributed by atoms with Crippen LogP contribution in [0, 0.1) is 0 Å². The minimum atomic E-state index is -3.69. The van der Waals surface area contributed by atoms with Gasteiger partial charge in [-0.3, -0.25) is 9.52 Å². The number of sulfonamides is 1. The van der Waals surface area contributed by atoms with Gasteiger partial charge in [-0.1, -0.05) is 36.4 Å². The quantitative estimate of drug-likeness (QED) is 0.558. The molecule has 6 nitrogen and oxygen atoms in total. The van der Waals surface area contributed by atoms with Crippen LogP contribution in [0.1, 0.15) is 48.2 Å². The van der Waals surface area contributed by atoms with Gasteiger partial charge >= 0.3 is 0 Å². The maximum Gasteiger partial charge on any atom is 0.263 e. The summed E-state index contributed by atoms with van der Waals surface area (Å²) in [5.74, 6) is -0.145. The number of carbonyl (C=O) groups excluding carboxylic acids is 1. The van der Waals surface area contributed by atoms with Crippen LogP contribution in [0.2, 0.25) is 0 Å². The van der Waals surface area contributed by atoms with E-state index in [1.807, 2.05) is 6.92 Å². The number of benzene rings is 2. The van der Waals surface area contributed by atoms with Crippen LogP contribution in [0.15, 0.2) is 58.8 Å². The Kier molecular flexibility index (Phi) is 6.38. The average Bonchev–Trinajstić information content (AvgIpc) is 3.19. The van der Waals surface area contributed by atoms with Crippen molar-refractivity contribution in [3.05, 3.63) is 76.3 Å². The van der Waals surface area contributed by atoms with Crippen LogP contribution in [0.5, 0.6) is 0 Å². The minimum absolute atomic E-state index is 0.0961. The van der Waals surface area contributed by atoms with E-state index in [0.29, 0.717) is 5.69 Å². The summed E-state index contributed by atoms with van der Waals surface area (Å²) in [5, 5.41) is 4.97. The molecule has 0 saturated heterocycles. The van der Waals surface area contributed by atoms with E-state index in [2.05, 4.69) is 33.2 Å². The molecule has 1 amide bonds. The Morgan fingerprint density at radius 3 is 2.61 bits per heavy atom. The standard InChI is InChI=1S/C23H25N3O3S2/c1-16(18-12-11-17-7-5-6-8-19(17)13-18)24-22(27)14-20-15-30-23(25-20)26-31(28,29)21-9-3-2-4-10-21/h2-4,9-13,15-16H,5-8,14H2,1H3,(H,24,27)(H,25,26). The smallest absolute Gasteiger partial charge is 0.263 e.